The fraction of sp³-hybridized carbons (Fsp3) is 0.222. The minimum Gasteiger partial charge on any atom is -0.655 e. The van der Waals surface area contributed by atoms with E-state index in [0.29, 0.717) is 41.2 Å². The van der Waals surface area contributed by atoms with E-state index in [0.717, 1.165) is 28.1 Å². The number of aryl methyl sites for hydroxylation is 1. The van der Waals surface area contributed by atoms with E-state index in [1.807, 2.05) is 16.7 Å². The molecule has 3 heterocycles. The number of pyridine rings is 1. The van der Waals surface area contributed by atoms with Gasteiger partial charge in [0.2, 0.25) is 5.91 Å². The van der Waals surface area contributed by atoms with Crippen LogP contribution in [-0.2, 0) is 22.5 Å². The molecule has 0 aliphatic carbocycles. The van der Waals surface area contributed by atoms with Crippen molar-refractivity contribution in [3.05, 3.63) is 80.6 Å². The number of ether oxygens (including phenoxy) is 2. The molecule has 0 atom stereocenters. The number of aromatic nitrogens is 2. The monoisotopic (exact) mass is 726 g/mol. The molecule has 0 saturated heterocycles. The molecule has 1 aliphatic rings. The second kappa shape index (κ2) is 18.3. The van der Waals surface area contributed by atoms with E-state index < -0.39 is 12.0 Å². The number of amidine groups is 1. The van der Waals surface area contributed by atoms with Crippen LogP contribution in [0.15, 0.2) is 41.6 Å². The third kappa shape index (κ3) is 11.4. The maximum Gasteiger partial charge on any atom is 1.00 e. The smallest absolute Gasteiger partial charge is 0.655 e. The van der Waals surface area contributed by atoms with Crippen molar-refractivity contribution in [3.8, 4) is 28.3 Å². The number of hydrogen-bond donors (Lipinski definition) is 3. The number of methoxy groups -OCH3 is 2. The third-order valence-electron chi connectivity index (χ3n) is 5.40. The predicted octanol–water partition coefficient (Wildman–Crippen LogP) is 0.405. The summed E-state index contributed by atoms with van der Waals surface area (Å²) in [6.45, 7) is 3.51. The molecule has 1 aromatic carbocycles. The Balaban J connectivity index is 0.00000141. The van der Waals surface area contributed by atoms with Gasteiger partial charge in [0.05, 0.1) is 30.3 Å². The number of fused-ring (bicyclic) bond motifs is 3. The largest absolute Gasteiger partial charge is 1.00 e. The van der Waals surface area contributed by atoms with Crippen molar-refractivity contribution in [1.82, 2.24) is 20.0 Å². The van der Waals surface area contributed by atoms with E-state index in [1.165, 1.54) is 19.6 Å². The predicted molar refractivity (Wildman–Crippen MR) is 149 cm³/mol. The number of rotatable bonds is 6. The van der Waals surface area contributed by atoms with Crippen LogP contribution in [0.4, 0.5) is 17.6 Å². The van der Waals surface area contributed by atoms with Crippen LogP contribution in [0.1, 0.15) is 21.6 Å². The quantitative estimate of drug-likeness (QED) is 0.0827. The average molecular weight is 726 g/mol. The Morgan fingerprint density at radius 3 is 2.30 bits per heavy atom. The van der Waals surface area contributed by atoms with E-state index in [9.17, 15) is 22.4 Å². The molecule has 0 radical (unpaired) electrons. The van der Waals surface area contributed by atoms with Crippen molar-refractivity contribution < 1.29 is 106 Å². The Morgan fingerprint density at radius 2 is 1.84 bits per heavy atom. The number of nitrogens with zero attached hydrogens (tertiary/aromatic N) is 4. The van der Waals surface area contributed by atoms with Crippen LogP contribution in [0.2, 0.25) is 0 Å². The molecular formula is C27H31CsF4N7O4-3. The van der Waals surface area contributed by atoms with Crippen molar-refractivity contribution in [3.63, 3.8) is 0 Å². The molecule has 43 heavy (non-hydrogen) atoms. The summed E-state index contributed by atoms with van der Waals surface area (Å²) >= 11 is 0. The van der Waals surface area contributed by atoms with Crippen LogP contribution < -0.4 is 90.5 Å². The van der Waals surface area contributed by atoms with E-state index in [4.69, 9.17) is 21.1 Å². The fourth-order valence-corrected chi connectivity index (χ4v) is 3.95. The Kier molecular flexibility index (Phi) is 17.2. The van der Waals surface area contributed by atoms with Gasteiger partial charge in [0.25, 0.3) is 6.18 Å². The topological polar surface area (TPSA) is 150 Å². The molecule has 5 N–H and O–H groups in total. The molecule has 3 aromatic rings. The van der Waals surface area contributed by atoms with Crippen molar-refractivity contribution >= 4 is 18.2 Å². The van der Waals surface area contributed by atoms with Gasteiger partial charge in [-0.1, -0.05) is 6.47 Å². The number of alkyl halides is 3. The number of carbonyl (C=O) groups is 1. The Morgan fingerprint density at radius 1 is 1.23 bits per heavy atom. The van der Waals surface area contributed by atoms with Crippen LogP contribution in [0.3, 0.4) is 0 Å². The number of nitrogens with two attached hydrogens (primary N) is 2. The summed E-state index contributed by atoms with van der Waals surface area (Å²) in [5.41, 5.74) is 11.0. The third-order valence-corrected chi connectivity index (χ3v) is 5.40. The first kappa shape index (κ1) is 40.4. The molecule has 16 heteroatoms. The molecule has 230 valence electrons. The van der Waals surface area contributed by atoms with Crippen molar-refractivity contribution in [1.29, 1.82) is 0 Å². The maximum absolute atomic E-state index is 13.5. The summed E-state index contributed by atoms with van der Waals surface area (Å²) in [4.78, 5) is 25.6. The van der Waals surface area contributed by atoms with E-state index in [-0.39, 0.29) is 88.1 Å². The van der Waals surface area contributed by atoms with Gasteiger partial charge in [0.1, 0.15) is 17.3 Å². The van der Waals surface area contributed by atoms with Gasteiger partial charge in [-0.25, -0.2) is 35.4 Å². The maximum atomic E-state index is 13.5. The Labute approximate surface area is 306 Å². The second-order valence-corrected chi connectivity index (χ2v) is 8.23. The summed E-state index contributed by atoms with van der Waals surface area (Å²) in [6.07, 6.45) is -2.44. The summed E-state index contributed by atoms with van der Waals surface area (Å²) in [5, 5.41) is 7.63. The van der Waals surface area contributed by atoms with E-state index in [2.05, 4.69) is 27.2 Å². The van der Waals surface area contributed by atoms with Gasteiger partial charge in [-0.05, 0) is 42.3 Å². The first-order chi connectivity index (χ1) is 19.2. The summed E-state index contributed by atoms with van der Waals surface area (Å²) in [7, 11) is 7.87. The first-order valence-corrected chi connectivity index (χ1v) is 11.5. The number of hydrogen-bond acceptors (Lipinski definition) is 8. The fourth-order valence-electron chi connectivity index (χ4n) is 3.95. The van der Waals surface area contributed by atoms with E-state index >= 15 is 0 Å². The van der Waals surface area contributed by atoms with Crippen LogP contribution in [0, 0.1) is 27.2 Å². The standard InChI is InChI=1S/C22H23FN7O2.C2H2F3.C2H3O2.CH3.Cs/c1-26-22(31)18-10-15(17-5-4-13(23)11-27-17)20-14-9-16(21(24)28-29(2)25)19(32-3)8-12(14)6-7-30(18)20;1-2(3,4)5;1-4-2-3;;/h4-5,8-11H,1,6-7,25H2,2-3H3,(H2,24,28)(H,26,31);1H2;1H3;1H3;/q4*-1;+1. The zero-order valence-electron chi connectivity index (χ0n) is 24.4. The number of carbonyl (C=O) groups excluding carboxylic acids is 2. The van der Waals surface area contributed by atoms with Crippen LogP contribution in [0.5, 0.6) is 5.75 Å². The molecule has 0 unspecified atom stereocenters. The molecule has 0 fully saturated rings. The number of nitrogens with one attached hydrogen (secondary N) is 1. The SMILES string of the molecule is CO[C-]=O.[CH2-]C(F)(F)F.[CH2-]NC(=O)c1cc(-c2ccc(F)cn2)c2n1CCc1cc(OC)c(/C(N)=N/N(C)N)cc1-2.[CH3-].[Cs+]. The Hall–Kier alpha value is -2.61. The van der Waals surface area contributed by atoms with Gasteiger partial charge in [-0.15, -0.1) is 5.10 Å². The zero-order valence-corrected chi connectivity index (χ0v) is 30.7. The van der Waals surface area contributed by atoms with Crippen molar-refractivity contribution in [2.24, 2.45) is 16.7 Å². The number of amides is 1. The van der Waals surface area contributed by atoms with Crippen molar-refractivity contribution in [2.45, 2.75) is 19.1 Å². The van der Waals surface area contributed by atoms with Crippen molar-refractivity contribution in [2.75, 3.05) is 21.3 Å². The summed E-state index contributed by atoms with van der Waals surface area (Å²) in [6, 6.07) is 8.41. The molecular weight excluding hydrogens is 695 g/mol. The van der Waals surface area contributed by atoms with Gasteiger partial charge < -0.3 is 37.3 Å². The molecule has 0 bridgehead atoms. The van der Waals surface area contributed by atoms with Gasteiger partial charge in [0.15, 0.2) is 5.84 Å². The normalized spacial score (nSPS) is 11.3. The zero-order chi connectivity index (χ0) is 30.9. The van der Waals surface area contributed by atoms with Gasteiger partial charge >= 0.3 is 68.9 Å². The van der Waals surface area contributed by atoms with Crippen LogP contribution in [0.25, 0.3) is 22.5 Å². The molecule has 1 amide bonds. The molecule has 0 saturated carbocycles. The molecule has 4 rings (SSSR count). The molecule has 11 nitrogen and oxygen atoms in total. The van der Waals surface area contributed by atoms with Crippen LogP contribution >= 0.6 is 0 Å². The van der Waals surface area contributed by atoms with E-state index in [1.54, 1.807) is 33.2 Å². The average Bonchev–Trinajstić information content (AvgIpc) is 3.31. The minimum absolute atomic E-state index is 0. The van der Waals surface area contributed by atoms with Gasteiger partial charge in [-0.2, -0.15) is 0 Å². The summed E-state index contributed by atoms with van der Waals surface area (Å²) < 4.78 is 55.4. The Bertz CT molecular complexity index is 1390. The number of halogens is 4. The number of hydrazone groups is 1. The molecule has 2 aromatic heterocycles. The molecule has 1 aliphatic heterocycles. The molecule has 0 spiro atoms. The number of hydrazine groups is 1. The summed E-state index contributed by atoms with van der Waals surface area (Å²) in [5.74, 6) is 5.59. The number of benzene rings is 1. The second-order valence-electron chi connectivity index (χ2n) is 8.23. The minimum atomic E-state index is -4.25. The van der Waals surface area contributed by atoms with Crippen LogP contribution in [-0.4, -0.2) is 60.3 Å². The first-order valence-electron chi connectivity index (χ1n) is 11.5. The van der Waals surface area contributed by atoms with Gasteiger partial charge in [0, 0.05) is 31.8 Å². The van der Waals surface area contributed by atoms with Gasteiger partial charge in [-0.3, -0.25) is 16.8 Å².